The molecule has 0 unspecified atom stereocenters. The van der Waals surface area contributed by atoms with Gasteiger partial charge in [-0.15, -0.1) is 0 Å². The van der Waals surface area contributed by atoms with E-state index in [1.54, 1.807) is 13.1 Å². The van der Waals surface area contributed by atoms with Gasteiger partial charge in [-0.05, 0) is 45.0 Å². The Labute approximate surface area is 156 Å². The Morgan fingerprint density at radius 2 is 1.96 bits per heavy atom. The molecular formula is C20H20N6O. The largest absolute Gasteiger partial charge is 0.364 e. The first-order chi connectivity index (χ1) is 13.0. The van der Waals surface area contributed by atoms with Gasteiger partial charge in [0, 0.05) is 34.9 Å². The van der Waals surface area contributed by atoms with Gasteiger partial charge in [0.2, 0.25) is 0 Å². The number of aromatic amines is 1. The van der Waals surface area contributed by atoms with Gasteiger partial charge >= 0.3 is 0 Å². The first kappa shape index (κ1) is 17.0. The predicted octanol–water partition coefficient (Wildman–Crippen LogP) is 3.02. The lowest BCUT2D eigenvalue weighted by Gasteiger charge is -2.06. The Bertz CT molecular complexity index is 1170. The standard InChI is InChI=1S/C20H20N6O/c1-12-5-4-6-18-24-16(11-26(12)18)10-22-17-8-7-15(9-21-17)19-23-14(3)13(2)20(27)25-19/h4-9,11H,10H2,1-3H3,(H,21,22)(H,23,25,27). The molecule has 136 valence electrons. The van der Waals surface area contributed by atoms with E-state index in [4.69, 9.17) is 0 Å². The zero-order valence-corrected chi connectivity index (χ0v) is 15.4. The summed E-state index contributed by atoms with van der Waals surface area (Å²) in [6.07, 6.45) is 3.72. The van der Waals surface area contributed by atoms with E-state index in [-0.39, 0.29) is 5.56 Å². The SMILES string of the molecule is Cc1nc(-c2ccc(NCc3cn4c(C)cccc4n3)nc2)[nH]c(=O)c1C. The second kappa shape index (κ2) is 6.68. The van der Waals surface area contributed by atoms with E-state index < -0.39 is 0 Å². The molecule has 0 amide bonds. The van der Waals surface area contributed by atoms with Crippen LogP contribution in [0.2, 0.25) is 0 Å². The van der Waals surface area contributed by atoms with Gasteiger partial charge in [-0.3, -0.25) is 4.79 Å². The molecule has 4 aromatic heterocycles. The smallest absolute Gasteiger partial charge is 0.254 e. The van der Waals surface area contributed by atoms with Gasteiger partial charge in [0.05, 0.1) is 12.2 Å². The molecule has 0 saturated carbocycles. The number of anilines is 1. The Hall–Kier alpha value is -3.48. The van der Waals surface area contributed by atoms with Gasteiger partial charge in [0.1, 0.15) is 17.3 Å². The molecule has 0 aliphatic rings. The minimum absolute atomic E-state index is 0.123. The summed E-state index contributed by atoms with van der Waals surface area (Å²) >= 11 is 0. The summed E-state index contributed by atoms with van der Waals surface area (Å²) in [4.78, 5) is 28.2. The van der Waals surface area contributed by atoms with Crippen molar-refractivity contribution in [3.63, 3.8) is 0 Å². The number of aryl methyl sites for hydroxylation is 2. The molecule has 7 nitrogen and oxygen atoms in total. The van der Waals surface area contributed by atoms with E-state index >= 15 is 0 Å². The Morgan fingerprint density at radius 3 is 2.67 bits per heavy atom. The zero-order chi connectivity index (χ0) is 19.0. The minimum Gasteiger partial charge on any atom is -0.364 e. The molecule has 0 aliphatic heterocycles. The summed E-state index contributed by atoms with van der Waals surface area (Å²) in [5.41, 5.74) is 5.01. The average Bonchev–Trinajstić information content (AvgIpc) is 3.09. The fourth-order valence-corrected chi connectivity index (χ4v) is 2.89. The van der Waals surface area contributed by atoms with Crippen LogP contribution in [0.15, 0.2) is 47.5 Å². The number of hydrogen-bond donors (Lipinski definition) is 2. The summed E-state index contributed by atoms with van der Waals surface area (Å²) in [5, 5.41) is 3.27. The highest BCUT2D eigenvalue weighted by atomic mass is 16.1. The van der Waals surface area contributed by atoms with Crippen molar-refractivity contribution < 1.29 is 0 Å². The molecule has 0 radical (unpaired) electrons. The zero-order valence-electron chi connectivity index (χ0n) is 15.4. The van der Waals surface area contributed by atoms with Crippen LogP contribution in [0.3, 0.4) is 0 Å². The number of nitrogens with one attached hydrogen (secondary N) is 2. The molecular weight excluding hydrogens is 340 g/mol. The summed E-state index contributed by atoms with van der Waals surface area (Å²) in [6.45, 7) is 6.22. The van der Waals surface area contributed by atoms with Crippen LogP contribution >= 0.6 is 0 Å². The van der Waals surface area contributed by atoms with E-state index in [1.807, 2.05) is 37.4 Å². The van der Waals surface area contributed by atoms with Gasteiger partial charge in [0.15, 0.2) is 0 Å². The van der Waals surface area contributed by atoms with Crippen molar-refractivity contribution in [1.82, 2.24) is 24.3 Å². The molecule has 0 aromatic carbocycles. The Kier molecular flexibility index (Phi) is 4.19. The third kappa shape index (κ3) is 3.31. The minimum atomic E-state index is -0.123. The third-order valence-corrected chi connectivity index (χ3v) is 4.63. The van der Waals surface area contributed by atoms with Gasteiger partial charge in [-0.2, -0.15) is 0 Å². The molecule has 2 N–H and O–H groups in total. The first-order valence-electron chi connectivity index (χ1n) is 8.72. The fourth-order valence-electron chi connectivity index (χ4n) is 2.89. The number of hydrogen-bond acceptors (Lipinski definition) is 5. The maximum absolute atomic E-state index is 11.9. The van der Waals surface area contributed by atoms with Crippen LogP contribution in [0.5, 0.6) is 0 Å². The number of nitrogens with zero attached hydrogens (tertiary/aromatic N) is 4. The predicted molar refractivity (Wildman–Crippen MR) is 105 cm³/mol. The van der Waals surface area contributed by atoms with Crippen molar-refractivity contribution >= 4 is 11.5 Å². The summed E-state index contributed by atoms with van der Waals surface area (Å²) in [6, 6.07) is 9.79. The maximum atomic E-state index is 11.9. The van der Waals surface area contributed by atoms with Crippen molar-refractivity contribution in [2.75, 3.05) is 5.32 Å². The van der Waals surface area contributed by atoms with Crippen LogP contribution < -0.4 is 10.9 Å². The third-order valence-electron chi connectivity index (χ3n) is 4.63. The summed E-state index contributed by atoms with van der Waals surface area (Å²) < 4.78 is 2.06. The molecule has 27 heavy (non-hydrogen) atoms. The number of H-pyrrole nitrogens is 1. The van der Waals surface area contributed by atoms with E-state index in [9.17, 15) is 4.79 Å². The van der Waals surface area contributed by atoms with Gasteiger partial charge in [-0.25, -0.2) is 15.0 Å². The fraction of sp³-hybridized carbons (Fsp3) is 0.200. The van der Waals surface area contributed by atoms with E-state index in [1.165, 1.54) is 0 Å². The highest BCUT2D eigenvalue weighted by Gasteiger charge is 2.07. The molecule has 4 heterocycles. The van der Waals surface area contributed by atoms with Crippen molar-refractivity contribution in [3.8, 4) is 11.4 Å². The van der Waals surface area contributed by atoms with Crippen LogP contribution in [0.1, 0.15) is 22.6 Å². The van der Waals surface area contributed by atoms with Gasteiger partial charge < -0.3 is 14.7 Å². The lowest BCUT2D eigenvalue weighted by molar-refractivity contribution is 1.02. The Balaban J connectivity index is 1.50. The van der Waals surface area contributed by atoms with E-state index in [0.717, 1.165) is 34.1 Å². The van der Waals surface area contributed by atoms with Crippen molar-refractivity contribution in [3.05, 3.63) is 75.7 Å². The van der Waals surface area contributed by atoms with Crippen LogP contribution in [0.4, 0.5) is 5.82 Å². The normalized spacial score (nSPS) is 11.1. The number of fused-ring (bicyclic) bond motifs is 1. The highest BCUT2D eigenvalue weighted by Crippen LogP contribution is 2.16. The first-order valence-corrected chi connectivity index (χ1v) is 8.72. The lowest BCUT2D eigenvalue weighted by atomic mass is 10.2. The summed E-state index contributed by atoms with van der Waals surface area (Å²) in [5.74, 6) is 1.26. The summed E-state index contributed by atoms with van der Waals surface area (Å²) in [7, 11) is 0. The lowest BCUT2D eigenvalue weighted by Crippen LogP contribution is -2.14. The second-order valence-electron chi connectivity index (χ2n) is 6.54. The molecule has 7 heteroatoms. The van der Waals surface area contributed by atoms with Crippen LogP contribution in [0.25, 0.3) is 17.0 Å². The second-order valence-corrected chi connectivity index (χ2v) is 6.54. The quantitative estimate of drug-likeness (QED) is 0.584. The molecule has 0 spiro atoms. The van der Waals surface area contributed by atoms with Crippen LogP contribution in [-0.4, -0.2) is 24.3 Å². The molecule has 4 aromatic rings. The molecule has 4 rings (SSSR count). The van der Waals surface area contributed by atoms with E-state index in [0.29, 0.717) is 17.9 Å². The number of imidazole rings is 1. The number of rotatable bonds is 4. The molecule has 0 bridgehead atoms. The number of aromatic nitrogens is 5. The molecule has 0 atom stereocenters. The van der Waals surface area contributed by atoms with Crippen molar-refractivity contribution in [2.24, 2.45) is 0 Å². The van der Waals surface area contributed by atoms with Crippen LogP contribution in [-0.2, 0) is 6.54 Å². The molecule has 0 aliphatic carbocycles. The molecule has 0 saturated heterocycles. The van der Waals surface area contributed by atoms with Crippen molar-refractivity contribution in [1.29, 1.82) is 0 Å². The molecule has 0 fully saturated rings. The average molecular weight is 360 g/mol. The topological polar surface area (TPSA) is 88.0 Å². The Morgan fingerprint density at radius 1 is 1.11 bits per heavy atom. The van der Waals surface area contributed by atoms with E-state index in [2.05, 4.69) is 42.6 Å². The van der Waals surface area contributed by atoms with Gasteiger partial charge in [0.25, 0.3) is 5.56 Å². The number of pyridine rings is 2. The highest BCUT2D eigenvalue weighted by molar-refractivity contribution is 5.56. The van der Waals surface area contributed by atoms with Gasteiger partial charge in [-0.1, -0.05) is 6.07 Å². The van der Waals surface area contributed by atoms with Crippen LogP contribution in [0, 0.1) is 20.8 Å². The van der Waals surface area contributed by atoms with Crippen molar-refractivity contribution in [2.45, 2.75) is 27.3 Å². The maximum Gasteiger partial charge on any atom is 0.254 e. The monoisotopic (exact) mass is 360 g/mol.